The molecule has 1 N–H and O–H groups in total. The van der Waals surface area contributed by atoms with Crippen molar-refractivity contribution in [2.45, 2.75) is 66.7 Å². The van der Waals surface area contributed by atoms with E-state index in [0.29, 0.717) is 24.8 Å². The van der Waals surface area contributed by atoms with Gasteiger partial charge in [0.15, 0.2) is 11.5 Å². The zero-order valence-electron chi connectivity index (χ0n) is 18.5. The van der Waals surface area contributed by atoms with Crippen LogP contribution < -0.4 is 14.8 Å². The van der Waals surface area contributed by atoms with Crippen molar-refractivity contribution < 1.29 is 9.47 Å². The molecule has 0 saturated heterocycles. The van der Waals surface area contributed by atoms with Crippen molar-refractivity contribution in [1.82, 2.24) is 5.32 Å². The molecule has 0 bridgehead atoms. The maximum Gasteiger partial charge on any atom is 0.166 e. The molecule has 2 aromatic rings. The maximum absolute atomic E-state index is 6.29. The Morgan fingerprint density at radius 1 is 0.897 bits per heavy atom. The molecule has 0 fully saturated rings. The van der Waals surface area contributed by atoms with Crippen LogP contribution in [-0.4, -0.2) is 12.1 Å². The van der Waals surface area contributed by atoms with Gasteiger partial charge in [-0.1, -0.05) is 62.7 Å². The van der Waals surface area contributed by atoms with E-state index in [1.54, 1.807) is 0 Å². The summed E-state index contributed by atoms with van der Waals surface area (Å²) in [7, 11) is 0. The molecular weight excluding hydrogens is 405 g/mol. The zero-order chi connectivity index (χ0) is 20.8. The number of rotatable bonds is 9. The highest BCUT2D eigenvalue weighted by Gasteiger charge is 2.25. The number of nitrogens with one attached hydrogen (secondary N) is 1. The van der Waals surface area contributed by atoms with Gasteiger partial charge in [0.05, 0.1) is 6.61 Å². The van der Waals surface area contributed by atoms with Crippen molar-refractivity contribution in [1.29, 1.82) is 0 Å². The van der Waals surface area contributed by atoms with Crippen LogP contribution in [0.3, 0.4) is 0 Å². The summed E-state index contributed by atoms with van der Waals surface area (Å²) in [6, 6.07) is 13.8. The molecule has 0 aliphatic heterocycles. The van der Waals surface area contributed by atoms with Crippen LogP contribution in [-0.2, 0) is 13.2 Å². The van der Waals surface area contributed by atoms with Crippen LogP contribution in [0.1, 0.15) is 59.1 Å². The zero-order valence-corrected chi connectivity index (χ0v) is 20.0. The van der Waals surface area contributed by atoms with Gasteiger partial charge in [0.25, 0.3) is 0 Å². The van der Waals surface area contributed by atoms with Gasteiger partial charge in [-0.15, -0.1) is 12.4 Å². The highest BCUT2D eigenvalue weighted by Crippen LogP contribution is 2.34. The van der Waals surface area contributed by atoms with Crippen LogP contribution in [0.4, 0.5) is 0 Å². The Morgan fingerprint density at radius 3 is 2.17 bits per heavy atom. The number of benzene rings is 2. The minimum Gasteiger partial charge on any atom is -0.490 e. The molecule has 0 aromatic heterocycles. The highest BCUT2D eigenvalue weighted by molar-refractivity contribution is 6.31. The summed E-state index contributed by atoms with van der Waals surface area (Å²) < 4.78 is 12.0. The highest BCUT2D eigenvalue weighted by atomic mass is 35.5. The molecular formula is C24H35Cl2NO2. The molecule has 2 rings (SSSR count). The van der Waals surface area contributed by atoms with Gasteiger partial charge < -0.3 is 14.8 Å². The molecule has 3 nitrogen and oxygen atoms in total. The molecule has 29 heavy (non-hydrogen) atoms. The Bertz CT molecular complexity index is 770. The lowest BCUT2D eigenvalue weighted by atomic mass is 9.81. The monoisotopic (exact) mass is 439 g/mol. The van der Waals surface area contributed by atoms with Crippen molar-refractivity contribution >= 4 is 24.0 Å². The first-order chi connectivity index (χ1) is 13.1. The molecule has 0 saturated carbocycles. The predicted octanol–water partition coefficient (Wildman–Crippen LogP) is 7.04. The molecule has 0 atom stereocenters. The van der Waals surface area contributed by atoms with Crippen molar-refractivity contribution in [2.24, 2.45) is 5.41 Å². The van der Waals surface area contributed by atoms with Gasteiger partial charge in [-0.05, 0) is 44.7 Å². The lowest BCUT2D eigenvalue weighted by Gasteiger charge is -2.33. The van der Waals surface area contributed by atoms with Crippen LogP contribution in [0.25, 0.3) is 0 Å². The molecule has 162 valence electrons. The Balaban J connectivity index is 0.00000420. The lowest BCUT2D eigenvalue weighted by Crippen LogP contribution is -2.41. The Labute approximate surface area is 187 Å². The number of ether oxygens (including phenoxy) is 2. The molecule has 0 aliphatic rings. The summed E-state index contributed by atoms with van der Waals surface area (Å²) in [5, 5.41) is 4.40. The van der Waals surface area contributed by atoms with Crippen LogP contribution >= 0.6 is 24.0 Å². The third-order valence-corrected chi connectivity index (χ3v) is 4.79. The molecule has 0 aliphatic carbocycles. The van der Waals surface area contributed by atoms with Crippen molar-refractivity contribution in [3.63, 3.8) is 0 Å². The Morgan fingerprint density at radius 2 is 1.55 bits per heavy atom. The first kappa shape index (κ1) is 25.6. The van der Waals surface area contributed by atoms with Crippen molar-refractivity contribution in [2.75, 3.05) is 6.61 Å². The van der Waals surface area contributed by atoms with Gasteiger partial charge in [-0.3, -0.25) is 0 Å². The number of para-hydroxylation sites is 1. The van der Waals surface area contributed by atoms with E-state index in [4.69, 9.17) is 21.1 Å². The normalized spacial score (nSPS) is 11.7. The van der Waals surface area contributed by atoms with E-state index in [1.807, 2.05) is 43.3 Å². The Kier molecular flexibility index (Phi) is 9.81. The SMILES string of the molecule is CCOc1cccc(CNC(C)(C)CC(C)(C)C)c1OCc1ccccc1Cl.Cl. The minimum absolute atomic E-state index is 0. The van der Waals surface area contributed by atoms with Gasteiger partial charge in [-0.2, -0.15) is 0 Å². The molecule has 0 radical (unpaired) electrons. The molecule has 0 heterocycles. The third-order valence-electron chi connectivity index (χ3n) is 4.42. The van der Waals surface area contributed by atoms with Crippen molar-refractivity contribution in [3.05, 3.63) is 58.6 Å². The van der Waals surface area contributed by atoms with Crippen LogP contribution in [0.15, 0.2) is 42.5 Å². The molecule has 5 heteroatoms. The average molecular weight is 440 g/mol. The first-order valence-electron chi connectivity index (χ1n) is 9.97. The summed E-state index contributed by atoms with van der Waals surface area (Å²) in [6.45, 7) is 15.0. The van der Waals surface area contributed by atoms with Crippen molar-refractivity contribution in [3.8, 4) is 11.5 Å². The standard InChI is InChI=1S/C24H34ClNO2.ClH/c1-7-27-21-14-10-12-18(15-26-24(5,6)17-23(2,3)4)22(21)28-16-19-11-8-9-13-20(19)25;/h8-14,26H,7,15-17H2,1-6H3;1H. The quantitative estimate of drug-likeness (QED) is 0.453. The fourth-order valence-corrected chi connectivity index (χ4v) is 3.81. The molecule has 0 unspecified atom stereocenters. The topological polar surface area (TPSA) is 30.5 Å². The fraction of sp³-hybridized carbons (Fsp3) is 0.500. The number of hydrogen-bond acceptors (Lipinski definition) is 3. The summed E-state index contributed by atoms with van der Waals surface area (Å²) >= 11 is 6.29. The molecule has 0 amide bonds. The summed E-state index contributed by atoms with van der Waals surface area (Å²) in [5.74, 6) is 1.55. The molecule has 0 spiro atoms. The number of hydrogen-bond donors (Lipinski definition) is 1. The fourth-order valence-electron chi connectivity index (χ4n) is 3.62. The third kappa shape index (κ3) is 8.46. The largest absolute Gasteiger partial charge is 0.490 e. The predicted molar refractivity (Wildman–Crippen MR) is 126 cm³/mol. The number of halogens is 2. The second-order valence-electron chi connectivity index (χ2n) is 9.03. The van der Waals surface area contributed by atoms with E-state index in [1.165, 1.54) is 0 Å². The summed E-state index contributed by atoms with van der Waals surface area (Å²) in [4.78, 5) is 0. The Hall–Kier alpha value is -1.42. The average Bonchev–Trinajstić information content (AvgIpc) is 2.58. The van der Waals surface area contributed by atoms with E-state index in [0.717, 1.165) is 29.0 Å². The van der Waals surface area contributed by atoms with Crippen LogP contribution in [0, 0.1) is 5.41 Å². The van der Waals surface area contributed by atoms with E-state index in [9.17, 15) is 0 Å². The van der Waals surface area contributed by atoms with E-state index in [2.05, 4.69) is 46.0 Å². The van der Waals surface area contributed by atoms with Crippen LogP contribution in [0.5, 0.6) is 11.5 Å². The maximum atomic E-state index is 6.29. The van der Waals surface area contributed by atoms with Gasteiger partial charge in [0.1, 0.15) is 6.61 Å². The smallest absolute Gasteiger partial charge is 0.166 e. The van der Waals surface area contributed by atoms with E-state index in [-0.39, 0.29) is 23.4 Å². The van der Waals surface area contributed by atoms with Crippen LogP contribution in [0.2, 0.25) is 5.02 Å². The van der Waals surface area contributed by atoms with Gasteiger partial charge in [0.2, 0.25) is 0 Å². The first-order valence-corrected chi connectivity index (χ1v) is 10.3. The second kappa shape index (κ2) is 11.1. The molecule has 2 aromatic carbocycles. The van der Waals surface area contributed by atoms with Gasteiger partial charge in [-0.25, -0.2) is 0 Å². The minimum atomic E-state index is 0. The van der Waals surface area contributed by atoms with E-state index >= 15 is 0 Å². The second-order valence-corrected chi connectivity index (χ2v) is 9.44. The summed E-state index contributed by atoms with van der Waals surface area (Å²) in [5.41, 5.74) is 2.31. The summed E-state index contributed by atoms with van der Waals surface area (Å²) in [6.07, 6.45) is 1.07. The van der Waals surface area contributed by atoms with E-state index < -0.39 is 0 Å². The van der Waals surface area contributed by atoms with Gasteiger partial charge >= 0.3 is 0 Å². The van der Waals surface area contributed by atoms with Gasteiger partial charge in [0, 0.05) is 28.2 Å². The lowest BCUT2D eigenvalue weighted by molar-refractivity contribution is 0.236.